The number of rotatable bonds is 4. The van der Waals surface area contributed by atoms with Gasteiger partial charge in [-0.05, 0) is 30.9 Å². The van der Waals surface area contributed by atoms with Gasteiger partial charge in [0.15, 0.2) is 11.6 Å². The number of hydrogen-bond donors (Lipinski definition) is 1. The molecular weight excluding hydrogens is 340 g/mol. The van der Waals surface area contributed by atoms with Crippen LogP contribution in [-0.2, 0) is 11.3 Å². The van der Waals surface area contributed by atoms with Crippen LogP contribution in [0.25, 0.3) is 11.4 Å². The summed E-state index contributed by atoms with van der Waals surface area (Å²) in [7, 11) is 1.82. The van der Waals surface area contributed by atoms with E-state index in [-0.39, 0.29) is 11.9 Å². The summed E-state index contributed by atoms with van der Waals surface area (Å²) in [5, 5.41) is 0. The molecule has 3 heterocycles. The number of hydrogen-bond acceptors (Lipinski definition) is 6. The van der Waals surface area contributed by atoms with Crippen LogP contribution >= 0.6 is 0 Å². The Morgan fingerprint density at radius 1 is 1.26 bits per heavy atom. The molecule has 1 fully saturated rings. The minimum atomic E-state index is -0.167. The van der Waals surface area contributed by atoms with E-state index in [1.807, 2.05) is 13.1 Å². The van der Waals surface area contributed by atoms with Crippen molar-refractivity contribution < 1.29 is 4.79 Å². The molecule has 27 heavy (non-hydrogen) atoms. The van der Waals surface area contributed by atoms with E-state index >= 15 is 0 Å². The minimum absolute atomic E-state index is 0.125. The molecule has 1 aliphatic carbocycles. The first-order valence-electron chi connectivity index (χ1n) is 9.72. The quantitative estimate of drug-likeness (QED) is 0.894. The highest BCUT2D eigenvalue weighted by atomic mass is 16.2. The molecule has 142 valence electrons. The second-order valence-corrected chi connectivity index (χ2v) is 7.31. The number of fused-ring (bicyclic) bond motifs is 1. The van der Waals surface area contributed by atoms with Gasteiger partial charge in [-0.25, -0.2) is 9.97 Å². The fraction of sp³-hybridized carbons (Fsp3) is 0.500. The number of likely N-dealkylation sites (N-methyl/N-ethyl adjacent to an activating group) is 1. The van der Waals surface area contributed by atoms with Crippen LogP contribution in [0.2, 0.25) is 0 Å². The molecule has 1 aliphatic heterocycles. The Bertz CT molecular complexity index is 848. The molecule has 7 heteroatoms. The van der Waals surface area contributed by atoms with Crippen molar-refractivity contribution in [3.8, 4) is 11.4 Å². The van der Waals surface area contributed by atoms with Crippen LogP contribution < -0.4 is 15.5 Å². The zero-order valence-electron chi connectivity index (χ0n) is 15.9. The van der Waals surface area contributed by atoms with Gasteiger partial charge in [0.1, 0.15) is 11.7 Å². The number of amides is 1. The Morgan fingerprint density at radius 2 is 2.04 bits per heavy atom. The number of carbonyl (C=O) groups excluding carboxylic acids is 1. The van der Waals surface area contributed by atoms with Crippen molar-refractivity contribution in [2.45, 2.75) is 57.7 Å². The zero-order valence-corrected chi connectivity index (χ0v) is 15.9. The lowest BCUT2D eigenvalue weighted by atomic mass is 10.0. The summed E-state index contributed by atoms with van der Waals surface area (Å²) in [6.07, 6.45) is 10.7. The maximum atomic E-state index is 12.9. The van der Waals surface area contributed by atoms with Crippen LogP contribution in [0.5, 0.6) is 0 Å². The Labute approximate surface area is 159 Å². The number of pyridine rings is 1. The highest BCUT2D eigenvalue weighted by Gasteiger charge is 2.41. The van der Waals surface area contributed by atoms with E-state index in [2.05, 4.69) is 21.8 Å². The average molecular weight is 366 g/mol. The maximum absolute atomic E-state index is 12.9. The third kappa shape index (κ3) is 2.96. The van der Waals surface area contributed by atoms with E-state index in [4.69, 9.17) is 10.7 Å². The maximum Gasteiger partial charge on any atom is 0.249 e. The van der Waals surface area contributed by atoms with Crippen LogP contribution in [0.15, 0.2) is 24.7 Å². The fourth-order valence-corrected chi connectivity index (χ4v) is 4.32. The first-order chi connectivity index (χ1) is 13.2. The minimum Gasteiger partial charge on any atom is -0.340 e. The first-order valence-corrected chi connectivity index (χ1v) is 9.72. The number of nitrogens with zero attached hydrogens (tertiary/aromatic N) is 5. The standard InChI is InChI=1S/C20H26N6O/c1-3-16-20(27)25(2)17-12-23-18(15-8-9-22-11-13(15)10-21)24-19(17)26(16)14-6-4-5-7-14/h8-9,11-12,14,16H,3-7,10,21H2,1-2H3. The Balaban J connectivity index is 1.86. The Morgan fingerprint density at radius 3 is 2.74 bits per heavy atom. The molecule has 1 amide bonds. The van der Waals surface area contributed by atoms with Crippen molar-refractivity contribution in [2.24, 2.45) is 5.73 Å². The van der Waals surface area contributed by atoms with Crippen LogP contribution in [0, 0.1) is 0 Å². The normalized spacial score (nSPS) is 20.3. The molecule has 4 rings (SSSR count). The molecule has 0 saturated heterocycles. The van der Waals surface area contributed by atoms with Gasteiger partial charge >= 0.3 is 0 Å². The van der Waals surface area contributed by atoms with Crippen molar-refractivity contribution >= 4 is 17.4 Å². The fourth-order valence-electron chi connectivity index (χ4n) is 4.32. The summed E-state index contributed by atoms with van der Waals surface area (Å²) in [5.74, 6) is 1.62. The molecule has 2 aromatic rings. The van der Waals surface area contributed by atoms with E-state index in [0.29, 0.717) is 18.4 Å². The average Bonchev–Trinajstić information content (AvgIpc) is 3.24. The summed E-state index contributed by atoms with van der Waals surface area (Å²) in [5.41, 5.74) is 8.47. The molecule has 7 nitrogen and oxygen atoms in total. The van der Waals surface area contributed by atoms with Gasteiger partial charge in [0.05, 0.1) is 6.20 Å². The van der Waals surface area contributed by atoms with Gasteiger partial charge in [-0.15, -0.1) is 0 Å². The molecule has 2 N–H and O–H groups in total. The Hall–Kier alpha value is -2.54. The monoisotopic (exact) mass is 366 g/mol. The van der Waals surface area contributed by atoms with Crippen molar-refractivity contribution in [1.29, 1.82) is 0 Å². The third-order valence-corrected chi connectivity index (χ3v) is 5.78. The first kappa shape index (κ1) is 17.9. The van der Waals surface area contributed by atoms with E-state index in [9.17, 15) is 4.79 Å². The number of anilines is 2. The van der Waals surface area contributed by atoms with Gasteiger partial charge in [-0.2, -0.15) is 0 Å². The molecular formula is C20H26N6O. The molecule has 2 aliphatic rings. The molecule has 1 saturated carbocycles. The molecule has 0 radical (unpaired) electrons. The highest BCUT2D eigenvalue weighted by molar-refractivity contribution is 6.04. The SMILES string of the molecule is CCC1C(=O)N(C)c2cnc(-c3ccncc3CN)nc2N1C1CCCC1. The van der Waals surface area contributed by atoms with E-state index in [1.54, 1.807) is 23.5 Å². The molecule has 0 spiro atoms. The topological polar surface area (TPSA) is 88.2 Å². The van der Waals surface area contributed by atoms with Crippen molar-refractivity contribution in [1.82, 2.24) is 15.0 Å². The summed E-state index contributed by atoms with van der Waals surface area (Å²) < 4.78 is 0. The predicted molar refractivity (Wildman–Crippen MR) is 105 cm³/mol. The molecule has 0 aromatic carbocycles. The second-order valence-electron chi connectivity index (χ2n) is 7.31. The molecule has 1 atom stereocenters. The predicted octanol–water partition coefficient (Wildman–Crippen LogP) is 2.50. The van der Waals surface area contributed by atoms with Gasteiger partial charge in [-0.3, -0.25) is 9.78 Å². The van der Waals surface area contributed by atoms with E-state index < -0.39 is 0 Å². The Kier molecular flexibility index (Phi) is 4.78. The number of carbonyl (C=O) groups is 1. The van der Waals surface area contributed by atoms with Crippen LogP contribution in [-0.4, -0.2) is 40.0 Å². The second kappa shape index (κ2) is 7.23. The van der Waals surface area contributed by atoms with Crippen molar-refractivity contribution in [3.05, 3.63) is 30.2 Å². The molecule has 2 aromatic heterocycles. The number of aromatic nitrogens is 3. The van der Waals surface area contributed by atoms with Gasteiger partial charge in [0.2, 0.25) is 5.91 Å². The summed E-state index contributed by atoms with van der Waals surface area (Å²) in [6, 6.07) is 2.10. The number of nitrogens with two attached hydrogens (primary N) is 1. The van der Waals surface area contributed by atoms with Gasteiger partial charge in [0, 0.05) is 37.6 Å². The van der Waals surface area contributed by atoms with E-state index in [0.717, 1.165) is 41.9 Å². The van der Waals surface area contributed by atoms with Crippen LogP contribution in [0.4, 0.5) is 11.5 Å². The summed E-state index contributed by atoms with van der Waals surface area (Å²) in [6.45, 7) is 2.45. The lowest BCUT2D eigenvalue weighted by Crippen LogP contribution is -2.55. The molecule has 0 bridgehead atoms. The van der Waals surface area contributed by atoms with Crippen molar-refractivity contribution in [2.75, 3.05) is 16.8 Å². The molecule has 1 unspecified atom stereocenters. The third-order valence-electron chi connectivity index (χ3n) is 5.78. The van der Waals surface area contributed by atoms with Gasteiger partial charge < -0.3 is 15.5 Å². The lowest BCUT2D eigenvalue weighted by molar-refractivity contribution is -0.120. The van der Waals surface area contributed by atoms with Gasteiger partial charge in [-0.1, -0.05) is 19.8 Å². The smallest absolute Gasteiger partial charge is 0.249 e. The zero-order chi connectivity index (χ0) is 19.0. The van der Waals surface area contributed by atoms with E-state index in [1.165, 1.54) is 12.8 Å². The highest BCUT2D eigenvalue weighted by Crippen LogP contribution is 2.40. The summed E-state index contributed by atoms with van der Waals surface area (Å²) in [4.78, 5) is 30.6. The summed E-state index contributed by atoms with van der Waals surface area (Å²) >= 11 is 0. The van der Waals surface area contributed by atoms with Crippen LogP contribution in [0.1, 0.15) is 44.6 Å². The van der Waals surface area contributed by atoms with Gasteiger partial charge in [0.25, 0.3) is 0 Å². The lowest BCUT2D eigenvalue weighted by Gasteiger charge is -2.43. The largest absolute Gasteiger partial charge is 0.340 e. The van der Waals surface area contributed by atoms with Crippen molar-refractivity contribution in [3.63, 3.8) is 0 Å². The van der Waals surface area contributed by atoms with Crippen LogP contribution in [0.3, 0.4) is 0 Å².